The molecule has 4 heterocycles. The molecule has 0 aliphatic carbocycles. The second-order valence-electron chi connectivity index (χ2n) is 7.62. The summed E-state index contributed by atoms with van der Waals surface area (Å²) < 4.78 is 5.78. The monoisotopic (exact) mass is 410 g/mol. The van der Waals surface area contributed by atoms with Gasteiger partial charge in [-0.2, -0.15) is 0 Å². The maximum absolute atomic E-state index is 5.78. The van der Waals surface area contributed by atoms with E-state index in [9.17, 15) is 0 Å². The van der Waals surface area contributed by atoms with Crippen molar-refractivity contribution in [1.82, 2.24) is 19.9 Å². The maximum atomic E-state index is 5.78. The molecule has 0 aliphatic heterocycles. The van der Waals surface area contributed by atoms with E-state index < -0.39 is 0 Å². The Morgan fingerprint density at radius 1 is 0.581 bits per heavy atom. The normalized spacial score (nSPS) is 11.1. The third kappa shape index (κ3) is 5.38. The third-order valence-electron chi connectivity index (χ3n) is 5.12. The van der Waals surface area contributed by atoms with E-state index >= 15 is 0 Å². The molecule has 0 spiro atoms. The van der Waals surface area contributed by atoms with Gasteiger partial charge >= 0.3 is 0 Å². The van der Waals surface area contributed by atoms with E-state index in [1.165, 1.54) is 0 Å². The summed E-state index contributed by atoms with van der Waals surface area (Å²) in [5, 5.41) is 0. The van der Waals surface area contributed by atoms with Crippen molar-refractivity contribution in [2.24, 2.45) is 0 Å². The molecule has 5 nitrogen and oxygen atoms in total. The molecule has 0 aromatic carbocycles. The minimum atomic E-state index is -0.0264. The van der Waals surface area contributed by atoms with Crippen LogP contribution in [0, 0.1) is 13.8 Å². The molecule has 4 rings (SSSR count). The summed E-state index contributed by atoms with van der Waals surface area (Å²) >= 11 is 0. The lowest BCUT2D eigenvalue weighted by Crippen LogP contribution is -2.19. The highest BCUT2D eigenvalue weighted by Gasteiger charge is 2.14. The Labute approximate surface area is 183 Å². The second kappa shape index (κ2) is 9.58. The van der Waals surface area contributed by atoms with Gasteiger partial charge in [0.1, 0.15) is 0 Å². The van der Waals surface area contributed by atoms with Crippen molar-refractivity contribution in [3.05, 3.63) is 95.6 Å². The molecule has 0 saturated heterocycles. The first-order valence-electron chi connectivity index (χ1n) is 10.4. The van der Waals surface area contributed by atoms with Crippen molar-refractivity contribution in [2.45, 2.75) is 32.8 Å². The highest BCUT2D eigenvalue weighted by Crippen LogP contribution is 2.19. The van der Waals surface area contributed by atoms with E-state index in [1.807, 2.05) is 86.6 Å². The Morgan fingerprint density at radius 3 is 1.35 bits per heavy atom. The Balaban J connectivity index is 1.51. The van der Waals surface area contributed by atoms with Crippen LogP contribution in [0.15, 0.2) is 72.8 Å². The lowest BCUT2D eigenvalue weighted by Gasteiger charge is -2.15. The molecular formula is C26H26N4O. The molecule has 4 aromatic heterocycles. The van der Waals surface area contributed by atoms with Gasteiger partial charge in [-0.3, -0.25) is 19.9 Å². The minimum Gasteiger partial charge on any atom is -0.381 e. The van der Waals surface area contributed by atoms with Crippen LogP contribution >= 0.6 is 0 Å². The fourth-order valence-electron chi connectivity index (χ4n) is 3.55. The molecule has 0 N–H and O–H groups in total. The number of aromatic nitrogens is 4. The quantitative estimate of drug-likeness (QED) is 0.428. The van der Waals surface area contributed by atoms with Crippen LogP contribution in [0.4, 0.5) is 0 Å². The van der Waals surface area contributed by atoms with E-state index in [2.05, 4.69) is 9.97 Å². The first kappa shape index (κ1) is 20.8. The van der Waals surface area contributed by atoms with Crippen LogP contribution in [-0.4, -0.2) is 33.1 Å². The summed E-state index contributed by atoms with van der Waals surface area (Å²) in [6.07, 6.45) is 1.37. The van der Waals surface area contributed by atoms with Crippen LogP contribution in [-0.2, 0) is 17.6 Å². The molecule has 0 atom stereocenters. The van der Waals surface area contributed by atoms with E-state index in [4.69, 9.17) is 14.7 Å². The van der Waals surface area contributed by atoms with Gasteiger partial charge in [0, 0.05) is 42.7 Å². The van der Waals surface area contributed by atoms with E-state index in [-0.39, 0.29) is 6.10 Å². The summed E-state index contributed by atoms with van der Waals surface area (Å²) in [7, 11) is 1.74. The molecule has 0 aliphatic rings. The number of hydrogen-bond acceptors (Lipinski definition) is 5. The van der Waals surface area contributed by atoms with Gasteiger partial charge in [0.2, 0.25) is 0 Å². The van der Waals surface area contributed by atoms with Gasteiger partial charge in [0.15, 0.2) is 0 Å². The number of rotatable bonds is 7. The van der Waals surface area contributed by atoms with Crippen molar-refractivity contribution < 1.29 is 4.74 Å². The Kier molecular flexibility index (Phi) is 6.43. The molecule has 0 saturated carbocycles. The van der Waals surface area contributed by atoms with Crippen molar-refractivity contribution in [2.75, 3.05) is 7.11 Å². The van der Waals surface area contributed by atoms with E-state index in [0.717, 1.165) is 45.6 Å². The predicted molar refractivity (Wildman–Crippen MR) is 123 cm³/mol. The summed E-state index contributed by atoms with van der Waals surface area (Å²) in [5.74, 6) is 0. The van der Waals surface area contributed by atoms with E-state index in [1.54, 1.807) is 7.11 Å². The number of methoxy groups -OCH3 is 1. The molecule has 156 valence electrons. The Hall–Kier alpha value is -3.44. The zero-order valence-corrected chi connectivity index (χ0v) is 18.1. The average Bonchev–Trinajstić information content (AvgIpc) is 2.79. The SMILES string of the molecule is COC(Cc1cccc(-c2cccc(C)n2)n1)Cc1cccc(-c2cccc(C)n2)n1. The second-order valence-corrected chi connectivity index (χ2v) is 7.62. The summed E-state index contributed by atoms with van der Waals surface area (Å²) in [4.78, 5) is 18.8. The van der Waals surface area contributed by atoms with Crippen LogP contribution in [0.1, 0.15) is 22.8 Å². The van der Waals surface area contributed by atoms with Crippen molar-refractivity contribution in [1.29, 1.82) is 0 Å². The van der Waals surface area contributed by atoms with Gasteiger partial charge in [-0.25, -0.2) is 0 Å². The molecule has 5 heteroatoms. The van der Waals surface area contributed by atoms with Gasteiger partial charge in [-0.15, -0.1) is 0 Å². The van der Waals surface area contributed by atoms with Crippen LogP contribution < -0.4 is 0 Å². The number of nitrogens with zero attached hydrogens (tertiary/aromatic N) is 4. The summed E-state index contributed by atoms with van der Waals surface area (Å²) in [5.41, 5.74) is 7.44. The topological polar surface area (TPSA) is 60.8 Å². The molecule has 0 fully saturated rings. The lowest BCUT2D eigenvalue weighted by atomic mass is 10.1. The lowest BCUT2D eigenvalue weighted by molar-refractivity contribution is 0.102. The molecule has 0 unspecified atom stereocenters. The van der Waals surface area contributed by atoms with Crippen molar-refractivity contribution in [3.8, 4) is 22.8 Å². The van der Waals surface area contributed by atoms with Crippen LogP contribution in [0.25, 0.3) is 22.8 Å². The standard InChI is InChI=1S/C26H26N4O/c1-18-8-4-12-23(27-18)25-14-6-10-20(29-25)16-22(31-3)17-21-11-7-15-26(30-21)24-13-5-9-19(2)28-24/h4-15,22H,16-17H2,1-3H3. The Morgan fingerprint density at radius 2 is 0.968 bits per heavy atom. The molecule has 0 amide bonds. The van der Waals surface area contributed by atoms with E-state index in [0.29, 0.717) is 12.8 Å². The van der Waals surface area contributed by atoms with Crippen molar-refractivity contribution >= 4 is 0 Å². The molecule has 0 radical (unpaired) electrons. The van der Waals surface area contributed by atoms with Gasteiger partial charge in [0.05, 0.1) is 28.9 Å². The first-order valence-corrected chi connectivity index (χ1v) is 10.4. The predicted octanol–water partition coefficient (Wildman–Crippen LogP) is 5.02. The zero-order valence-electron chi connectivity index (χ0n) is 18.1. The van der Waals surface area contributed by atoms with Crippen LogP contribution in [0.2, 0.25) is 0 Å². The molecule has 4 aromatic rings. The number of aryl methyl sites for hydroxylation is 2. The average molecular weight is 411 g/mol. The van der Waals surface area contributed by atoms with Gasteiger partial charge in [0.25, 0.3) is 0 Å². The van der Waals surface area contributed by atoms with Gasteiger partial charge in [-0.1, -0.05) is 24.3 Å². The smallest absolute Gasteiger partial charge is 0.0889 e. The Bertz CT molecular complexity index is 1080. The molecule has 31 heavy (non-hydrogen) atoms. The fraction of sp³-hybridized carbons (Fsp3) is 0.231. The number of hydrogen-bond donors (Lipinski definition) is 0. The minimum absolute atomic E-state index is 0.0264. The maximum Gasteiger partial charge on any atom is 0.0889 e. The largest absolute Gasteiger partial charge is 0.381 e. The highest BCUT2D eigenvalue weighted by atomic mass is 16.5. The number of ether oxygens (including phenoxy) is 1. The zero-order chi connectivity index (χ0) is 21.6. The number of pyridine rings is 4. The van der Waals surface area contributed by atoms with Crippen molar-refractivity contribution in [3.63, 3.8) is 0 Å². The summed E-state index contributed by atoms with van der Waals surface area (Å²) in [6, 6.07) is 24.1. The van der Waals surface area contributed by atoms with Gasteiger partial charge < -0.3 is 4.74 Å². The first-order chi connectivity index (χ1) is 15.1. The fourth-order valence-corrected chi connectivity index (χ4v) is 3.55. The van der Waals surface area contributed by atoms with Gasteiger partial charge in [-0.05, 0) is 62.4 Å². The molecular weight excluding hydrogens is 384 g/mol. The highest BCUT2D eigenvalue weighted by molar-refractivity contribution is 5.55. The third-order valence-corrected chi connectivity index (χ3v) is 5.12. The summed E-state index contributed by atoms with van der Waals surface area (Å²) in [6.45, 7) is 3.98. The molecule has 0 bridgehead atoms. The van der Waals surface area contributed by atoms with Crippen LogP contribution in [0.5, 0.6) is 0 Å². The van der Waals surface area contributed by atoms with Crippen LogP contribution in [0.3, 0.4) is 0 Å².